The summed E-state index contributed by atoms with van der Waals surface area (Å²) in [6, 6.07) is 8.26. The summed E-state index contributed by atoms with van der Waals surface area (Å²) in [5.41, 5.74) is 1.23. The van der Waals surface area contributed by atoms with Gasteiger partial charge >= 0.3 is 0 Å². The normalized spacial score (nSPS) is 10.9. The van der Waals surface area contributed by atoms with Crippen molar-refractivity contribution in [3.8, 4) is 11.3 Å². The van der Waals surface area contributed by atoms with Crippen LogP contribution in [0.3, 0.4) is 0 Å². The van der Waals surface area contributed by atoms with Crippen LogP contribution in [0.15, 0.2) is 40.8 Å². The second-order valence-corrected chi connectivity index (χ2v) is 4.42. The van der Waals surface area contributed by atoms with E-state index in [9.17, 15) is 14.9 Å². The van der Waals surface area contributed by atoms with Crippen molar-refractivity contribution in [2.24, 2.45) is 0 Å². The topological polar surface area (TPSA) is 73.3 Å². The number of hydrogen-bond donors (Lipinski definition) is 0. The van der Waals surface area contributed by atoms with Crippen LogP contribution in [0.2, 0.25) is 0 Å². The number of nitro benzene ring substituents is 1. The smallest absolute Gasteiger partial charge is 0.280 e. The fourth-order valence-corrected chi connectivity index (χ4v) is 1.79. The lowest BCUT2D eigenvalue weighted by atomic mass is 10.1. The number of ketones is 1. The summed E-state index contributed by atoms with van der Waals surface area (Å²) < 4.78 is 5.51. The number of carbonyl (C=O) groups is 1. The zero-order chi connectivity index (χ0) is 14.7. The van der Waals surface area contributed by atoms with Crippen molar-refractivity contribution in [2.45, 2.75) is 13.8 Å². The molecule has 0 aliphatic carbocycles. The van der Waals surface area contributed by atoms with E-state index in [-0.39, 0.29) is 11.5 Å². The molecule has 0 aliphatic rings. The summed E-state index contributed by atoms with van der Waals surface area (Å²) in [4.78, 5) is 21.5. The molecule has 1 aromatic heterocycles. The predicted octanol–water partition coefficient (Wildman–Crippen LogP) is 3.77. The molecule has 0 bridgehead atoms. The number of aryl methyl sites for hydroxylation is 1. The van der Waals surface area contributed by atoms with E-state index in [0.717, 1.165) is 5.56 Å². The van der Waals surface area contributed by atoms with Gasteiger partial charge in [0.05, 0.1) is 10.5 Å². The molecular formula is C15H13NO4. The summed E-state index contributed by atoms with van der Waals surface area (Å²) in [6.07, 6.45) is 2.91. The van der Waals surface area contributed by atoms with E-state index in [2.05, 4.69) is 0 Å². The molecule has 20 heavy (non-hydrogen) atoms. The van der Waals surface area contributed by atoms with E-state index < -0.39 is 4.92 Å². The van der Waals surface area contributed by atoms with Gasteiger partial charge in [-0.25, -0.2) is 0 Å². The molecule has 0 saturated carbocycles. The highest BCUT2D eigenvalue weighted by atomic mass is 16.6. The Morgan fingerprint density at radius 2 is 2.05 bits per heavy atom. The summed E-state index contributed by atoms with van der Waals surface area (Å²) in [5.74, 6) is 0.786. The largest absolute Gasteiger partial charge is 0.456 e. The van der Waals surface area contributed by atoms with Crippen molar-refractivity contribution < 1.29 is 14.1 Å². The SMILES string of the molecule is CC(=O)/C=C/c1ccc(-c2ccc(C)cc2[N+](=O)[O-])o1. The summed E-state index contributed by atoms with van der Waals surface area (Å²) in [5, 5.41) is 11.1. The van der Waals surface area contributed by atoms with Crippen LogP contribution in [0.5, 0.6) is 0 Å². The van der Waals surface area contributed by atoms with Gasteiger partial charge in [0.1, 0.15) is 11.5 Å². The molecule has 0 aliphatic heterocycles. The molecular weight excluding hydrogens is 258 g/mol. The maximum atomic E-state index is 11.1. The third-order valence-electron chi connectivity index (χ3n) is 2.72. The molecule has 0 spiro atoms. The zero-order valence-electron chi connectivity index (χ0n) is 11.1. The highest BCUT2D eigenvalue weighted by molar-refractivity contribution is 5.91. The van der Waals surface area contributed by atoms with Crippen LogP contribution < -0.4 is 0 Å². The van der Waals surface area contributed by atoms with E-state index in [1.54, 1.807) is 31.2 Å². The fraction of sp³-hybridized carbons (Fsp3) is 0.133. The molecule has 0 atom stereocenters. The van der Waals surface area contributed by atoms with E-state index in [1.807, 2.05) is 0 Å². The number of nitrogens with zero attached hydrogens (tertiary/aromatic N) is 1. The molecule has 0 N–H and O–H groups in total. The molecule has 0 unspecified atom stereocenters. The molecule has 2 rings (SSSR count). The number of furan rings is 1. The van der Waals surface area contributed by atoms with Crippen LogP contribution in [0.1, 0.15) is 18.2 Å². The van der Waals surface area contributed by atoms with E-state index in [1.165, 1.54) is 25.1 Å². The molecule has 5 nitrogen and oxygen atoms in total. The van der Waals surface area contributed by atoms with Gasteiger partial charge in [-0.2, -0.15) is 0 Å². The zero-order valence-corrected chi connectivity index (χ0v) is 11.1. The van der Waals surface area contributed by atoms with Crippen molar-refractivity contribution in [3.05, 3.63) is 57.8 Å². The Hall–Kier alpha value is -2.69. The quantitative estimate of drug-likeness (QED) is 0.482. The molecule has 1 aromatic carbocycles. The van der Waals surface area contributed by atoms with Gasteiger partial charge < -0.3 is 4.42 Å². The second-order valence-electron chi connectivity index (χ2n) is 4.42. The van der Waals surface area contributed by atoms with E-state index in [4.69, 9.17) is 4.42 Å². The Morgan fingerprint density at radius 1 is 1.30 bits per heavy atom. The number of rotatable bonds is 4. The fourth-order valence-electron chi connectivity index (χ4n) is 1.79. The Morgan fingerprint density at radius 3 is 2.70 bits per heavy atom. The summed E-state index contributed by atoms with van der Waals surface area (Å²) >= 11 is 0. The first-order chi connectivity index (χ1) is 9.47. The first kappa shape index (κ1) is 13.7. The molecule has 1 heterocycles. The lowest BCUT2D eigenvalue weighted by Crippen LogP contribution is -1.92. The highest BCUT2D eigenvalue weighted by Crippen LogP contribution is 2.32. The Labute approximate surface area is 115 Å². The molecule has 102 valence electrons. The standard InChI is InChI=1S/C15H13NO4/c1-10-3-7-13(14(9-10)16(18)19)15-8-6-12(20-15)5-4-11(2)17/h3-9H,1-2H3/b5-4+. The Bertz CT molecular complexity index is 698. The maximum Gasteiger partial charge on any atom is 0.280 e. The predicted molar refractivity (Wildman–Crippen MR) is 75.3 cm³/mol. The van der Waals surface area contributed by atoms with Gasteiger partial charge in [-0.15, -0.1) is 0 Å². The van der Waals surface area contributed by atoms with Gasteiger partial charge in [0.2, 0.25) is 0 Å². The van der Waals surface area contributed by atoms with Crippen LogP contribution in [0, 0.1) is 17.0 Å². The number of hydrogen-bond acceptors (Lipinski definition) is 4. The molecule has 2 aromatic rings. The van der Waals surface area contributed by atoms with Crippen LogP contribution in [0.4, 0.5) is 5.69 Å². The van der Waals surface area contributed by atoms with Crippen molar-refractivity contribution in [2.75, 3.05) is 0 Å². The van der Waals surface area contributed by atoms with Crippen LogP contribution in [-0.2, 0) is 4.79 Å². The van der Waals surface area contributed by atoms with Gasteiger partial charge in [0.25, 0.3) is 5.69 Å². The van der Waals surface area contributed by atoms with Crippen molar-refractivity contribution >= 4 is 17.5 Å². The maximum absolute atomic E-state index is 11.1. The van der Waals surface area contributed by atoms with E-state index in [0.29, 0.717) is 17.1 Å². The molecule has 0 saturated heterocycles. The Balaban J connectivity index is 2.42. The van der Waals surface area contributed by atoms with Gasteiger partial charge in [0, 0.05) is 6.07 Å². The molecule has 5 heteroatoms. The minimum Gasteiger partial charge on any atom is -0.456 e. The van der Waals surface area contributed by atoms with Gasteiger partial charge in [-0.05, 0) is 49.8 Å². The average Bonchev–Trinajstić information content (AvgIpc) is 2.84. The summed E-state index contributed by atoms with van der Waals surface area (Å²) in [7, 11) is 0. The van der Waals surface area contributed by atoms with Gasteiger partial charge in [-0.1, -0.05) is 6.07 Å². The van der Waals surface area contributed by atoms with Crippen LogP contribution in [0.25, 0.3) is 17.4 Å². The molecule has 0 fully saturated rings. The third kappa shape index (κ3) is 3.00. The van der Waals surface area contributed by atoms with Gasteiger partial charge in [0.15, 0.2) is 5.78 Å². The summed E-state index contributed by atoms with van der Waals surface area (Å²) in [6.45, 7) is 3.23. The third-order valence-corrected chi connectivity index (χ3v) is 2.72. The minimum atomic E-state index is -0.435. The van der Waals surface area contributed by atoms with E-state index >= 15 is 0 Å². The number of allylic oxidation sites excluding steroid dienone is 1. The van der Waals surface area contributed by atoms with Crippen molar-refractivity contribution in [3.63, 3.8) is 0 Å². The number of nitro groups is 1. The lowest BCUT2D eigenvalue weighted by Gasteiger charge is -2.00. The number of carbonyl (C=O) groups excluding carboxylic acids is 1. The first-order valence-corrected chi connectivity index (χ1v) is 6.01. The van der Waals surface area contributed by atoms with Crippen molar-refractivity contribution in [1.29, 1.82) is 0 Å². The first-order valence-electron chi connectivity index (χ1n) is 6.01. The molecule has 0 amide bonds. The molecule has 0 radical (unpaired) electrons. The second kappa shape index (κ2) is 5.52. The van der Waals surface area contributed by atoms with Gasteiger partial charge in [-0.3, -0.25) is 14.9 Å². The number of benzene rings is 1. The lowest BCUT2D eigenvalue weighted by molar-refractivity contribution is -0.384. The van der Waals surface area contributed by atoms with Crippen LogP contribution in [-0.4, -0.2) is 10.7 Å². The average molecular weight is 271 g/mol. The minimum absolute atomic E-state index is 0.00134. The Kier molecular flexibility index (Phi) is 3.79. The van der Waals surface area contributed by atoms with Crippen molar-refractivity contribution in [1.82, 2.24) is 0 Å². The van der Waals surface area contributed by atoms with Crippen LogP contribution >= 0.6 is 0 Å². The monoisotopic (exact) mass is 271 g/mol. The highest BCUT2D eigenvalue weighted by Gasteiger charge is 2.17.